The van der Waals surface area contributed by atoms with Gasteiger partial charge >= 0.3 is 6.09 Å². The molecule has 0 saturated heterocycles. The standard InChI is InChI=1S/C18H27N3O4/c1-17(2,3)25-16(24)21(4)18(13-8-6-5-7-9-13)10-12(11-18)14(22)20-15(19)23/h5-9,12,15,23H,10-11,19H2,1-4H3,(H,20,22)/t12-,15?,18-. The van der Waals surface area contributed by atoms with Gasteiger partial charge in [-0.1, -0.05) is 30.3 Å². The van der Waals surface area contributed by atoms with Crippen LogP contribution in [-0.2, 0) is 15.1 Å². The highest BCUT2D eigenvalue weighted by Gasteiger charge is 2.53. The molecule has 1 aromatic rings. The summed E-state index contributed by atoms with van der Waals surface area (Å²) < 4.78 is 5.49. The Hall–Kier alpha value is -2.12. The van der Waals surface area contributed by atoms with Crippen molar-refractivity contribution >= 4 is 12.0 Å². The fourth-order valence-corrected chi connectivity index (χ4v) is 3.16. The van der Waals surface area contributed by atoms with E-state index in [9.17, 15) is 9.59 Å². The zero-order valence-electron chi connectivity index (χ0n) is 15.2. The first kappa shape index (κ1) is 19.2. The molecule has 1 saturated carbocycles. The Labute approximate surface area is 148 Å². The largest absolute Gasteiger partial charge is 0.444 e. The number of ether oxygens (including phenoxy) is 1. The van der Waals surface area contributed by atoms with Gasteiger partial charge in [-0.2, -0.15) is 0 Å². The molecule has 138 valence electrons. The number of aliphatic hydroxyl groups excluding tert-OH is 1. The minimum atomic E-state index is -1.39. The molecule has 7 nitrogen and oxygen atoms in total. The van der Waals surface area contributed by atoms with E-state index < -0.39 is 23.6 Å². The summed E-state index contributed by atoms with van der Waals surface area (Å²) in [6.07, 6.45) is -0.951. The number of nitrogens with one attached hydrogen (secondary N) is 1. The molecule has 0 bridgehead atoms. The van der Waals surface area contributed by atoms with Gasteiger partial charge in [0, 0.05) is 13.0 Å². The number of carbonyl (C=O) groups is 2. The van der Waals surface area contributed by atoms with Crippen molar-refractivity contribution in [1.29, 1.82) is 0 Å². The van der Waals surface area contributed by atoms with Gasteiger partial charge in [0.2, 0.25) is 5.91 Å². The van der Waals surface area contributed by atoms with Gasteiger partial charge in [0.1, 0.15) is 5.60 Å². The average Bonchev–Trinajstić information content (AvgIpc) is 2.44. The lowest BCUT2D eigenvalue weighted by molar-refractivity contribution is -0.137. The Morgan fingerprint density at radius 1 is 1.32 bits per heavy atom. The minimum Gasteiger partial charge on any atom is -0.444 e. The van der Waals surface area contributed by atoms with E-state index in [0.717, 1.165) is 5.56 Å². The summed E-state index contributed by atoms with van der Waals surface area (Å²) in [5.74, 6) is -0.651. The van der Waals surface area contributed by atoms with E-state index in [-0.39, 0.29) is 11.8 Å². The summed E-state index contributed by atoms with van der Waals surface area (Å²) in [5, 5.41) is 11.4. The molecule has 1 fully saturated rings. The second kappa shape index (κ2) is 7.01. The first-order valence-electron chi connectivity index (χ1n) is 8.31. The SMILES string of the molecule is CN(C(=O)OC(C)(C)C)[C@]1(c2ccccc2)C[C@@H](C(=O)NC(N)O)C1. The van der Waals surface area contributed by atoms with E-state index in [1.54, 1.807) is 11.9 Å². The Kier molecular flexibility index (Phi) is 5.39. The molecule has 4 N–H and O–H groups in total. The van der Waals surface area contributed by atoms with Crippen LogP contribution < -0.4 is 11.1 Å². The molecule has 25 heavy (non-hydrogen) atoms. The summed E-state index contributed by atoms with van der Waals surface area (Å²) in [6.45, 7) is 5.44. The van der Waals surface area contributed by atoms with Crippen molar-refractivity contribution in [2.24, 2.45) is 11.7 Å². The summed E-state index contributed by atoms with van der Waals surface area (Å²) in [4.78, 5) is 26.2. The predicted octanol–water partition coefficient (Wildman–Crippen LogP) is 1.51. The predicted molar refractivity (Wildman–Crippen MR) is 93.2 cm³/mol. The number of benzene rings is 1. The van der Waals surface area contributed by atoms with Gasteiger partial charge in [0.05, 0.1) is 5.54 Å². The topological polar surface area (TPSA) is 105 Å². The minimum absolute atomic E-state index is 0.320. The molecule has 1 aromatic carbocycles. The van der Waals surface area contributed by atoms with Gasteiger partial charge in [-0.05, 0) is 39.2 Å². The molecule has 1 atom stereocenters. The second-order valence-corrected chi connectivity index (χ2v) is 7.50. The number of hydrogen-bond acceptors (Lipinski definition) is 5. The van der Waals surface area contributed by atoms with Crippen molar-refractivity contribution in [3.8, 4) is 0 Å². The Balaban J connectivity index is 2.22. The number of nitrogens with zero attached hydrogens (tertiary/aromatic N) is 1. The number of aliphatic hydroxyl groups is 1. The molecule has 0 spiro atoms. The van der Waals surface area contributed by atoms with Crippen molar-refractivity contribution in [2.75, 3.05) is 7.05 Å². The number of carbonyl (C=O) groups excluding carboxylic acids is 2. The number of nitrogens with two attached hydrogens (primary N) is 1. The van der Waals surface area contributed by atoms with Crippen molar-refractivity contribution in [3.63, 3.8) is 0 Å². The van der Waals surface area contributed by atoms with Crippen molar-refractivity contribution < 1.29 is 19.4 Å². The Bertz CT molecular complexity index is 619. The molecule has 2 rings (SSSR count). The normalized spacial score (nSPS) is 24.0. The van der Waals surface area contributed by atoms with Crippen LogP contribution in [0.25, 0.3) is 0 Å². The van der Waals surface area contributed by atoms with Crippen molar-refractivity contribution in [2.45, 2.75) is 51.1 Å². The van der Waals surface area contributed by atoms with Crippen LogP contribution in [0.15, 0.2) is 30.3 Å². The summed E-state index contributed by atoms with van der Waals surface area (Å²) in [5.41, 5.74) is 4.93. The van der Waals surface area contributed by atoms with Crippen LogP contribution in [0, 0.1) is 5.92 Å². The maximum atomic E-state index is 12.6. The molecule has 0 radical (unpaired) electrons. The number of rotatable bonds is 4. The molecule has 0 aromatic heterocycles. The number of hydrogen-bond donors (Lipinski definition) is 3. The van der Waals surface area contributed by atoms with Crippen LogP contribution in [0.5, 0.6) is 0 Å². The third-order valence-corrected chi connectivity index (χ3v) is 4.45. The Morgan fingerprint density at radius 2 is 1.88 bits per heavy atom. The van der Waals surface area contributed by atoms with Gasteiger partial charge in [-0.15, -0.1) is 0 Å². The van der Waals surface area contributed by atoms with Crippen LogP contribution in [0.2, 0.25) is 0 Å². The summed E-state index contributed by atoms with van der Waals surface area (Å²) in [6, 6.07) is 9.58. The molecular formula is C18H27N3O4. The number of amides is 2. The summed E-state index contributed by atoms with van der Waals surface area (Å²) >= 11 is 0. The van der Waals surface area contributed by atoms with Crippen LogP contribution in [0.3, 0.4) is 0 Å². The highest BCUT2D eigenvalue weighted by molar-refractivity contribution is 5.81. The zero-order valence-corrected chi connectivity index (χ0v) is 15.2. The van der Waals surface area contributed by atoms with Crippen molar-refractivity contribution in [3.05, 3.63) is 35.9 Å². The van der Waals surface area contributed by atoms with Crippen LogP contribution in [0.1, 0.15) is 39.2 Å². The molecular weight excluding hydrogens is 322 g/mol. The smallest absolute Gasteiger partial charge is 0.410 e. The third kappa shape index (κ3) is 4.29. The lowest BCUT2D eigenvalue weighted by Crippen LogP contribution is -2.60. The van der Waals surface area contributed by atoms with Gasteiger partial charge < -0.3 is 20.1 Å². The van der Waals surface area contributed by atoms with E-state index in [4.69, 9.17) is 15.6 Å². The molecule has 7 heteroatoms. The van der Waals surface area contributed by atoms with Gasteiger partial charge in [0.25, 0.3) is 0 Å². The highest BCUT2D eigenvalue weighted by Crippen LogP contribution is 2.50. The van der Waals surface area contributed by atoms with E-state index in [1.165, 1.54) is 0 Å². The lowest BCUT2D eigenvalue weighted by Gasteiger charge is -2.52. The monoisotopic (exact) mass is 349 g/mol. The molecule has 1 aliphatic carbocycles. The second-order valence-electron chi connectivity index (χ2n) is 7.50. The molecule has 2 amide bonds. The van der Waals surface area contributed by atoms with E-state index in [2.05, 4.69) is 5.32 Å². The van der Waals surface area contributed by atoms with Gasteiger partial charge in [0.15, 0.2) is 6.35 Å². The lowest BCUT2D eigenvalue weighted by atomic mass is 9.63. The van der Waals surface area contributed by atoms with Crippen LogP contribution in [-0.4, -0.2) is 41.0 Å². The highest BCUT2D eigenvalue weighted by atomic mass is 16.6. The fraction of sp³-hybridized carbons (Fsp3) is 0.556. The molecule has 0 aliphatic heterocycles. The van der Waals surface area contributed by atoms with E-state index in [0.29, 0.717) is 12.8 Å². The van der Waals surface area contributed by atoms with E-state index >= 15 is 0 Å². The first-order chi connectivity index (χ1) is 11.5. The molecule has 1 unspecified atom stereocenters. The quantitative estimate of drug-likeness (QED) is 0.715. The molecule has 0 heterocycles. The maximum absolute atomic E-state index is 12.6. The van der Waals surface area contributed by atoms with E-state index in [1.807, 2.05) is 51.1 Å². The van der Waals surface area contributed by atoms with Crippen LogP contribution in [0.4, 0.5) is 4.79 Å². The van der Waals surface area contributed by atoms with Crippen LogP contribution >= 0.6 is 0 Å². The fourth-order valence-electron chi connectivity index (χ4n) is 3.16. The summed E-state index contributed by atoms with van der Waals surface area (Å²) in [7, 11) is 1.69. The Morgan fingerprint density at radius 3 is 2.36 bits per heavy atom. The molecule has 1 aliphatic rings. The van der Waals surface area contributed by atoms with Gasteiger partial charge in [-0.25, -0.2) is 4.79 Å². The van der Waals surface area contributed by atoms with Gasteiger partial charge in [-0.3, -0.25) is 10.5 Å². The first-order valence-corrected chi connectivity index (χ1v) is 8.31. The van der Waals surface area contributed by atoms with Crippen molar-refractivity contribution in [1.82, 2.24) is 10.2 Å². The zero-order chi connectivity index (χ0) is 18.8. The third-order valence-electron chi connectivity index (χ3n) is 4.45. The maximum Gasteiger partial charge on any atom is 0.410 e. The average molecular weight is 349 g/mol.